The number of para-hydroxylation sites is 6. The fourth-order valence-electron chi connectivity index (χ4n) is 11.6. The number of pyridine rings is 1. The maximum Gasteiger partial charge on any atom is 0.157 e. The van der Waals surface area contributed by atoms with Gasteiger partial charge >= 0.3 is 0 Å². The van der Waals surface area contributed by atoms with E-state index in [1.54, 1.807) is 0 Å². The summed E-state index contributed by atoms with van der Waals surface area (Å²) in [7, 11) is 0. The predicted octanol–water partition coefficient (Wildman–Crippen LogP) is 18.6. The summed E-state index contributed by atoms with van der Waals surface area (Å²) in [6.45, 7) is 4.35. The van der Waals surface area contributed by atoms with Crippen molar-refractivity contribution in [1.82, 2.24) is 14.1 Å². The topological polar surface area (TPSA) is 55.5 Å². The van der Waals surface area contributed by atoms with Crippen LogP contribution in [0.25, 0.3) is 99.1 Å². The molecule has 7 heteroatoms. The standard InChI is InChI=1S/C67H45N5O2/c1-42-19-9-13-27-52(42)71(58-33-17-31-56-64(58)48-25-11-15-29-54(48)69(56)44-21-5-3-6-22-44)46-35-37-50-60(39-46)73-62-41-63-67(68-66(50)62)51-38-36-47(40-61(51)74-63)72(53-28-14-10-20-43(53)2)59-34-18-32-57-65(59)49-26-12-16-30-55(49)70(57)45-23-7-4-8-24-45/h3-41H,1-2H3. The number of anilines is 6. The first-order valence-corrected chi connectivity index (χ1v) is 25.1. The number of aromatic nitrogens is 3. The van der Waals surface area contributed by atoms with Crippen molar-refractivity contribution in [2.45, 2.75) is 13.8 Å². The molecule has 0 spiro atoms. The molecule has 0 atom stereocenters. The van der Waals surface area contributed by atoms with Gasteiger partial charge in [-0.1, -0.05) is 121 Å². The summed E-state index contributed by atoms with van der Waals surface area (Å²) in [5.41, 5.74) is 19.9. The van der Waals surface area contributed by atoms with Crippen LogP contribution in [0.5, 0.6) is 0 Å². The number of nitrogens with zero attached hydrogens (tertiary/aromatic N) is 5. The van der Waals surface area contributed by atoms with E-state index in [0.717, 1.165) is 112 Å². The second-order valence-corrected chi connectivity index (χ2v) is 19.2. The van der Waals surface area contributed by atoms with E-state index in [1.807, 2.05) is 6.07 Å². The third kappa shape index (κ3) is 6.29. The van der Waals surface area contributed by atoms with Crippen LogP contribution < -0.4 is 9.80 Å². The molecule has 0 bridgehead atoms. The van der Waals surface area contributed by atoms with E-state index in [4.69, 9.17) is 13.8 Å². The molecule has 0 N–H and O–H groups in total. The maximum absolute atomic E-state index is 6.81. The summed E-state index contributed by atoms with van der Waals surface area (Å²) in [6, 6.07) is 84.1. The first kappa shape index (κ1) is 41.9. The number of hydrogen-bond acceptors (Lipinski definition) is 5. The minimum absolute atomic E-state index is 0.669. The molecule has 5 heterocycles. The van der Waals surface area contributed by atoms with Crippen molar-refractivity contribution in [2.24, 2.45) is 0 Å². The summed E-state index contributed by atoms with van der Waals surface area (Å²) in [4.78, 5) is 10.1. The van der Waals surface area contributed by atoms with Gasteiger partial charge in [-0.3, -0.25) is 0 Å². The highest BCUT2D eigenvalue weighted by atomic mass is 16.3. The van der Waals surface area contributed by atoms with Crippen LogP contribution in [0.1, 0.15) is 11.1 Å². The van der Waals surface area contributed by atoms with Crippen molar-refractivity contribution < 1.29 is 8.83 Å². The lowest BCUT2D eigenvalue weighted by atomic mass is 10.1. The Hall–Kier alpha value is -9.85. The summed E-state index contributed by atoms with van der Waals surface area (Å²) in [6.07, 6.45) is 0. The van der Waals surface area contributed by atoms with E-state index in [-0.39, 0.29) is 0 Å². The highest BCUT2D eigenvalue weighted by molar-refractivity contribution is 6.19. The number of hydrogen-bond donors (Lipinski definition) is 0. The number of benzene rings is 10. The Labute approximate surface area is 425 Å². The molecule has 0 aliphatic rings. The first-order chi connectivity index (χ1) is 36.6. The monoisotopic (exact) mass is 951 g/mol. The molecule has 0 aliphatic carbocycles. The zero-order chi connectivity index (χ0) is 49.0. The Bertz CT molecular complexity index is 4420. The van der Waals surface area contributed by atoms with E-state index in [2.05, 4.69) is 263 Å². The van der Waals surface area contributed by atoms with Crippen molar-refractivity contribution in [3.63, 3.8) is 0 Å². The van der Waals surface area contributed by atoms with Crippen molar-refractivity contribution in [3.8, 4) is 11.4 Å². The van der Waals surface area contributed by atoms with Crippen LogP contribution in [0.3, 0.4) is 0 Å². The minimum atomic E-state index is 0.669. The second-order valence-electron chi connectivity index (χ2n) is 19.2. The number of fused-ring (bicyclic) bond motifs is 12. The predicted molar refractivity (Wildman–Crippen MR) is 306 cm³/mol. The average molecular weight is 952 g/mol. The SMILES string of the molecule is Cc1ccccc1N(c1ccc2c(c1)oc1cc3oc4cc(N(c5ccccc5C)c5cccc6c5c5ccccc5n6-c5ccccc5)ccc4c3nc12)c1cccc2c1c1ccccc1n2-c1ccccc1. The molecule has 15 aromatic rings. The molecule has 0 aliphatic heterocycles. The third-order valence-corrected chi connectivity index (χ3v) is 14.9. The van der Waals surface area contributed by atoms with Gasteiger partial charge < -0.3 is 27.8 Å². The smallest absolute Gasteiger partial charge is 0.157 e. The fraction of sp³-hybridized carbons (Fsp3) is 0.0299. The van der Waals surface area contributed by atoms with Gasteiger partial charge in [0.05, 0.1) is 33.4 Å². The highest BCUT2D eigenvalue weighted by Crippen LogP contribution is 2.48. The van der Waals surface area contributed by atoms with E-state index < -0.39 is 0 Å². The quantitative estimate of drug-likeness (QED) is 0.152. The average Bonchev–Trinajstić information content (AvgIpc) is 4.19. The number of furan rings is 2. The van der Waals surface area contributed by atoms with Crippen LogP contribution in [0.15, 0.2) is 245 Å². The van der Waals surface area contributed by atoms with Gasteiger partial charge in [-0.25, -0.2) is 4.98 Å². The molecule has 0 saturated heterocycles. The molecule has 0 saturated carbocycles. The summed E-state index contributed by atoms with van der Waals surface area (Å²) in [5.74, 6) is 0. The van der Waals surface area contributed by atoms with E-state index in [1.165, 1.54) is 21.5 Å². The molecular weight excluding hydrogens is 907 g/mol. The maximum atomic E-state index is 6.81. The number of rotatable bonds is 8. The highest BCUT2D eigenvalue weighted by Gasteiger charge is 2.26. The normalized spacial score (nSPS) is 11.9. The first-order valence-electron chi connectivity index (χ1n) is 25.1. The molecule has 15 rings (SSSR count). The molecule has 0 amide bonds. The van der Waals surface area contributed by atoms with Gasteiger partial charge in [0.1, 0.15) is 22.2 Å². The van der Waals surface area contributed by atoms with Crippen LogP contribution in [0.4, 0.5) is 34.1 Å². The zero-order valence-corrected chi connectivity index (χ0v) is 40.6. The zero-order valence-electron chi connectivity index (χ0n) is 40.6. The molecule has 74 heavy (non-hydrogen) atoms. The molecule has 7 nitrogen and oxygen atoms in total. The summed E-state index contributed by atoms with van der Waals surface area (Å²) >= 11 is 0. The van der Waals surface area contributed by atoms with Crippen molar-refractivity contribution in [2.75, 3.05) is 9.80 Å². The Kier molecular flexibility index (Phi) is 9.25. The van der Waals surface area contributed by atoms with E-state index >= 15 is 0 Å². The lowest BCUT2D eigenvalue weighted by molar-refractivity contribution is 0.655. The lowest BCUT2D eigenvalue weighted by Gasteiger charge is -2.28. The van der Waals surface area contributed by atoms with E-state index in [9.17, 15) is 0 Å². The van der Waals surface area contributed by atoms with Crippen LogP contribution in [-0.4, -0.2) is 14.1 Å². The van der Waals surface area contributed by atoms with Gasteiger partial charge in [0.15, 0.2) is 11.2 Å². The molecule has 0 fully saturated rings. The molecular formula is C67H45N5O2. The van der Waals surface area contributed by atoms with Gasteiger partial charge in [0.25, 0.3) is 0 Å². The van der Waals surface area contributed by atoms with Gasteiger partial charge in [-0.15, -0.1) is 0 Å². The van der Waals surface area contributed by atoms with Crippen molar-refractivity contribution >= 4 is 122 Å². The Morgan fingerprint density at radius 3 is 1.18 bits per heavy atom. The lowest BCUT2D eigenvalue weighted by Crippen LogP contribution is -2.11. The number of aryl methyl sites for hydroxylation is 2. The molecule has 0 unspecified atom stereocenters. The van der Waals surface area contributed by atoms with Crippen LogP contribution in [0.2, 0.25) is 0 Å². The summed E-state index contributed by atoms with van der Waals surface area (Å²) < 4.78 is 18.3. The third-order valence-electron chi connectivity index (χ3n) is 14.9. The summed E-state index contributed by atoms with van der Waals surface area (Å²) in [5, 5.41) is 6.59. The van der Waals surface area contributed by atoms with Crippen LogP contribution in [-0.2, 0) is 0 Å². The van der Waals surface area contributed by atoms with Crippen LogP contribution in [0, 0.1) is 13.8 Å². The van der Waals surface area contributed by atoms with Crippen molar-refractivity contribution in [1.29, 1.82) is 0 Å². The fourth-order valence-corrected chi connectivity index (χ4v) is 11.6. The van der Waals surface area contributed by atoms with Gasteiger partial charge in [-0.2, -0.15) is 0 Å². The Balaban J connectivity index is 0.875. The molecule has 350 valence electrons. The van der Waals surface area contributed by atoms with Crippen molar-refractivity contribution in [3.05, 3.63) is 248 Å². The van der Waals surface area contributed by atoms with Gasteiger partial charge in [0, 0.05) is 84.6 Å². The Morgan fingerprint density at radius 2 is 0.716 bits per heavy atom. The Morgan fingerprint density at radius 1 is 0.324 bits per heavy atom. The van der Waals surface area contributed by atoms with E-state index in [0.29, 0.717) is 11.2 Å². The molecule has 5 aromatic heterocycles. The van der Waals surface area contributed by atoms with Gasteiger partial charge in [0.2, 0.25) is 0 Å². The van der Waals surface area contributed by atoms with Crippen LogP contribution >= 0.6 is 0 Å². The molecule has 0 radical (unpaired) electrons. The second kappa shape index (κ2) is 16.3. The van der Waals surface area contributed by atoms with Gasteiger partial charge in [-0.05, 0) is 122 Å². The minimum Gasteiger partial charge on any atom is -0.454 e. The largest absolute Gasteiger partial charge is 0.454 e. The molecule has 10 aromatic carbocycles.